The van der Waals surface area contributed by atoms with Crippen molar-refractivity contribution in [3.63, 3.8) is 0 Å². The first kappa shape index (κ1) is 18.1. The number of nitrogens with zero attached hydrogens (tertiary/aromatic N) is 1. The van der Waals surface area contributed by atoms with E-state index in [1.165, 1.54) is 16.7 Å². The Morgan fingerprint density at radius 3 is 2.96 bits per heavy atom. The maximum absolute atomic E-state index is 6.09. The van der Waals surface area contributed by atoms with Gasteiger partial charge in [0.15, 0.2) is 5.17 Å². The minimum absolute atomic E-state index is 0.217. The molecule has 1 aromatic carbocycles. The Labute approximate surface area is 166 Å². The molecule has 0 fully saturated rings. The summed E-state index contributed by atoms with van der Waals surface area (Å²) in [4.78, 5) is 4.69. The lowest BCUT2D eigenvalue weighted by Crippen LogP contribution is -2.28. The van der Waals surface area contributed by atoms with Gasteiger partial charge in [0, 0.05) is 14.7 Å². The Morgan fingerprint density at radius 1 is 1.38 bits per heavy atom. The van der Waals surface area contributed by atoms with Gasteiger partial charge in [-0.05, 0) is 48.6 Å². The van der Waals surface area contributed by atoms with E-state index in [0.717, 1.165) is 23.6 Å². The Kier molecular flexibility index (Phi) is 5.78. The van der Waals surface area contributed by atoms with Crippen LogP contribution in [0.3, 0.4) is 0 Å². The second-order valence-corrected chi connectivity index (χ2v) is 9.34. The van der Waals surface area contributed by atoms with Crippen molar-refractivity contribution in [3.05, 3.63) is 64.2 Å². The van der Waals surface area contributed by atoms with Crippen molar-refractivity contribution in [2.24, 2.45) is 10.7 Å². The minimum Gasteiger partial charge on any atom is -0.379 e. The van der Waals surface area contributed by atoms with E-state index in [2.05, 4.69) is 72.0 Å². The van der Waals surface area contributed by atoms with Gasteiger partial charge < -0.3 is 5.73 Å². The van der Waals surface area contributed by atoms with Gasteiger partial charge in [-0.15, -0.1) is 0 Å². The lowest BCUT2D eigenvalue weighted by Gasteiger charge is -2.30. The number of amidine groups is 1. The van der Waals surface area contributed by atoms with Gasteiger partial charge in [0.05, 0.1) is 5.54 Å². The Balaban J connectivity index is 1.84. The van der Waals surface area contributed by atoms with Crippen molar-refractivity contribution in [1.29, 1.82) is 0 Å². The molecule has 2 unspecified atom stereocenters. The molecule has 0 spiro atoms. The van der Waals surface area contributed by atoms with Gasteiger partial charge in [-0.3, -0.25) is 4.99 Å². The van der Waals surface area contributed by atoms with Gasteiger partial charge in [-0.25, -0.2) is 0 Å². The highest BCUT2D eigenvalue weighted by Gasteiger charge is 2.29. The molecule has 1 aliphatic carbocycles. The SMILES string of the molecule is CC1(c2cccc(/C=C/C3=CC=C(Cl)CC3I)c2)CCSC(N)=N1. The zero-order valence-electron chi connectivity index (χ0n) is 13.5. The third kappa shape index (κ3) is 4.27. The summed E-state index contributed by atoms with van der Waals surface area (Å²) < 4.78 is 0.428. The predicted octanol–water partition coefficient (Wildman–Crippen LogP) is 5.62. The number of benzene rings is 1. The molecule has 0 saturated carbocycles. The second kappa shape index (κ2) is 7.67. The van der Waals surface area contributed by atoms with E-state index >= 15 is 0 Å². The van der Waals surface area contributed by atoms with E-state index in [9.17, 15) is 0 Å². The predicted molar refractivity (Wildman–Crippen MR) is 116 cm³/mol. The molecule has 3 rings (SSSR count). The standard InChI is InChI=1S/C19H20ClIN2S/c1-19(9-10-24-18(22)23-19)15-4-2-3-13(11-15)5-6-14-7-8-16(20)12-17(14)21/h2-8,11,17H,9-10,12H2,1H3,(H2,22,23)/b6-5+. The lowest BCUT2D eigenvalue weighted by atomic mass is 9.88. The van der Waals surface area contributed by atoms with Crippen LogP contribution >= 0.6 is 46.0 Å². The summed E-state index contributed by atoms with van der Waals surface area (Å²) in [6.07, 6.45) is 10.4. The topological polar surface area (TPSA) is 38.4 Å². The Morgan fingerprint density at radius 2 is 2.21 bits per heavy atom. The van der Waals surface area contributed by atoms with Crippen LogP contribution in [-0.4, -0.2) is 14.8 Å². The molecule has 0 amide bonds. The molecule has 24 heavy (non-hydrogen) atoms. The summed E-state index contributed by atoms with van der Waals surface area (Å²) >= 11 is 10.2. The van der Waals surface area contributed by atoms with Crippen LogP contribution in [0.2, 0.25) is 0 Å². The zero-order valence-corrected chi connectivity index (χ0v) is 17.2. The summed E-state index contributed by atoms with van der Waals surface area (Å²) in [5.41, 5.74) is 9.43. The largest absolute Gasteiger partial charge is 0.379 e. The summed E-state index contributed by atoms with van der Waals surface area (Å²) in [6, 6.07) is 8.59. The van der Waals surface area contributed by atoms with Crippen LogP contribution in [0.1, 0.15) is 30.9 Å². The molecule has 2 nitrogen and oxygen atoms in total. The third-order valence-electron chi connectivity index (χ3n) is 4.37. The fraction of sp³-hybridized carbons (Fsp3) is 0.316. The first-order valence-electron chi connectivity index (χ1n) is 7.93. The van der Waals surface area contributed by atoms with Crippen molar-refractivity contribution in [3.8, 4) is 0 Å². The van der Waals surface area contributed by atoms with E-state index in [4.69, 9.17) is 22.3 Å². The maximum atomic E-state index is 6.09. The van der Waals surface area contributed by atoms with Gasteiger partial charge >= 0.3 is 0 Å². The molecule has 1 aromatic rings. The first-order chi connectivity index (χ1) is 11.5. The zero-order chi connectivity index (χ0) is 17.2. The molecule has 2 atom stereocenters. The van der Waals surface area contributed by atoms with Crippen molar-refractivity contribution in [1.82, 2.24) is 0 Å². The molecule has 0 aromatic heterocycles. The van der Waals surface area contributed by atoms with Crippen molar-refractivity contribution in [2.75, 3.05) is 5.75 Å². The van der Waals surface area contributed by atoms with E-state index in [1.54, 1.807) is 11.8 Å². The van der Waals surface area contributed by atoms with Gasteiger partial charge in [0.25, 0.3) is 0 Å². The number of halogens is 2. The highest BCUT2D eigenvalue weighted by Crippen LogP contribution is 2.35. The molecule has 1 heterocycles. The second-order valence-electron chi connectivity index (χ2n) is 6.23. The number of nitrogens with two attached hydrogens (primary N) is 1. The number of alkyl halides is 1. The Bertz CT molecular complexity index is 753. The van der Waals surface area contributed by atoms with Gasteiger partial charge in [0.2, 0.25) is 0 Å². The third-order valence-corrected chi connectivity index (χ3v) is 6.60. The fourth-order valence-electron chi connectivity index (χ4n) is 2.87. The van der Waals surface area contributed by atoms with Crippen LogP contribution in [-0.2, 0) is 5.54 Å². The number of hydrogen-bond acceptors (Lipinski definition) is 3. The summed E-state index contributed by atoms with van der Waals surface area (Å²) in [7, 11) is 0. The van der Waals surface area contributed by atoms with Crippen LogP contribution in [0, 0.1) is 0 Å². The number of thioether (sulfide) groups is 1. The quantitative estimate of drug-likeness (QED) is 0.460. The normalized spacial score (nSPS) is 27.6. The lowest BCUT2D eigenvalue weighted by molar-refractivity contribution is 0.482. The van der Waals surface area contributed by atoms with Crippen molar-refractivity contribution in [2.45, 2.75) is 29.2 Å². The molecule has 0 radical (unpaired) electrons. The van der Waals surface area contributed by atoms with E-state index in [0.29, 0.717) is 9.09 Å². The molecule has 0 bridgehead atoms. The minimum atomic E-state index is -0.217. The molecule has 126 valence electrons. The molecule has 5 heteroatoms. The van der Waals surface area contributed by atoms with Crippen molar-refractivity contribution >= 4 is 57.2 Å². The van der Waals surface area contributed by atoms with E-state index in [1.807, 2.05) is 6.08 Å². The molecular weight excluding hydrogens is 451 g/mol. The Hall–Kier alpha value is -0.720. The highest BCUT2D eigenvalue weighted by molar-refractivity contribution is 14.1. The van der Waals surface area contributed by atoms with Crippen LogP contribution in [0.25, 0.3) is 6.08 Å². The van der Waals surface area contributed by atoms with Gasteiger partial charge in [-0.2, -0.15) is 0 Å². The number of aliphatic imine (C=N–C) groups is 1. The van der Waals surface area contributed by atoms with Crippen LogP contribution < -0.4 is 5.73 Å². The van der Waals surface area contributed by atoms with Crippen LogP contribution in [0.5, 0.6) is 0 Å². The molecule has 2 N–H and O–H groups in total. The number of rotatable bonds is 3. The van der Waals surface area contributed by atoms with E-state index in [-0.39, 0.29) is 5.54 Å². The average Bonchev–Trinajstić information content (AvgIpc) is 2.54. The first-order valence-corrected chi connectivity index (χ1v) is 10.5. The average molecular weight is 471 g/mol. The van der Waals surface area contributed by atoms with Gasteiger partial charge in [-0.1, -0.05) is 82.4 Å². The summed E-state index contributed by atoms with van der Waals surface area (Å²) in [5.74, 6) is 1.02. The van der Waals surface area contributed by atoms with Crippen LogP contribution in [0.15, 0.2) is 58.1 Å². The smallest absolute Gasteiger partial charge is 0.154 e. The van der Waals surface area contributed by atoms with Gasteiger partial charge in [0.1, 0.15) is 0 Å². The molecular formula is C19H20ClIN2S. The highest BCUT2D eigenvalue weighted by atomic mass is 127. The van der Waals surface area contributed by atoms with Crippen LogP contribution in [0.4, 0.5) is 0 Å². The fourth-order valence-corrected chi connectivity index (χ4v) is 5.21. The number of hydrogen-bond donors (Lipinski definition) is 1. The number of allylic oxidation sites excluding steroid dienone is 5. The van der Waals surface area contributed by atoms with Crippen molar-refractivity contribution < 1.29 is 0 Å². The maximum Gasteiger partial charge on any atom is 0.154 e. The molecule has 2 aliphatic rings. The summed E-state index contributed by atoms with van der Waals surface area (Å²) in [6.45, 7) is 2.17. The monoisotopic (exact) mass is 470 g/mol. The summed E-state index contributed by atoms with van der Waals surface area (Å²) in [5, 5.41) is 1.61. The molecule has 0 saturated heterocycles. The molecule has 1 aliphatic heterocycles. The van der Waals surface area contributed by atoms with E-state index < -0.39 is 0 Å².